The molecular formula is C6H7F3O3. The Kier molecular flexibility index (Phi) is 3.59. The third-order valence-corrected chi connectivity index (χ3v) is 0.935. The van der Waals surface area contributed by atoms with Crippen molar-refractivity contribution in [3.63, 3.8) is 0 Å². The Labute approximate surface area is 66.8 Å². The van der Waals surface area contributed by atoms with Crippen LogP contribution in [0.4, 0.5) is 18.0 Å². The number of carbonyl (C=O) groups is 1. The standard InChI is InChI=1S/C6H7F3O3/c1-4(7)6(8,9)3-12-5(10)11-2/h1,3H2,2H3. The van der Waals surface area contributed by atoms with Crippen molar-refractivity contribution >= 4 is 6.16 Å². The molecule has 0 saturated carbocycles. The van der Waals surface area contributed by atoms with Crippen molar-refractivity contribution in [2.24, 2.45) is 0 Å². The molecule has 0 aromatic rings. The van der Waals surface area contributed by atoms with E-state index >= 15 is 0 Å². The minimum absolute atomic E-state index is 0.949. The molecule has 0 aliphatic carbocycles. The van der Waals surface area contributed by atoms with Gasteiger partial charge >= 0.3 is 12.1 Å². The van der Waals surface area contributed by atoms with Gasteiger partial charge in [0, 0.05) is 0 Å². The number of halogens is 3. The molecule has 0 heterocycles. The first-order valence-electron chi connectivity index (χ1n) is 2.83. The average molecular weight is 184 g/mol. The molecule has 0 unspecified atom stereocenters. The topological polar surface area (TPSA) is 35.5 Å². The van der Waals surface area contributed by atoms with E-state index in [4.69, 9.17) is 0 Å². The summed E-state index contributed by atoms with van der Waals surface area (Å²) < 4.78 is 44.0. The predicted molar refractivity (Wildman–Crippen MR) is 33.6 cm³/mol. The summed E-state index contributed by atoms with van der Waals surface area (Å²) in [5.74, 6) is -5.71. The zero-order valence-corrected chi connectivity index (χ0v) is 6.27. The number of carbonyl (C=O) groups excluding carboxylic acids is 1. The van der Waals surface area contributed by atoms with Crippen LogP contribution in [0.1, 0.15) is 0 Å². The summed E-state index contributed by atoms with van der Waals surface area (Å²) in [5.41, 5.74) is 0. The van der Waals surface area contributed by atoms with E-state index in [1.165, 1.54) is 0 Å². The highest BCUT2D eigenvalue weighted by molar-refractivity contribution is 5.59. The van der Waals surface area contributed by atoms with E-state index in [0.29, 0.717) is 0 Å². The maximum Gasteiger partial charge on any atom is 0.508 e. The van der Waals surface area contributed by atoms with Gasteiger partial charge in [0.15, 0.2) is 12.4 Å². The van der Waals surface area contributed by atoms with Gasteiger partial charge < -0.3 is 9.47 Å². The van der Waals surface area contributed by atoms with Gasteiger partial charge in [0.1, 0.15) is 0 Å². The Hall–Kier alpha value is -1.20. The van der Waals surface area contributed by atoms with Crippen molar-refractivity contribution in [2.75, 3.05) is 13.7 Å². The van der Waals surface area contributed by atoms with Gasteiger partial charge in [0.2, 0.25) is 0 Å². The molecule has 0 fully saturated rings. The Morgan fingerprint density at radius 2 is 2.08 bits per heavy atom. The van der Waals surface area contributed by atoms with Crippen molar-refractivity contribution < 1.29 is 27.4 Å². The Bertz CT molecular complexity index is 190. The van der Waals surface area contributed by atoms with E-state index in [-0.39, 0.29) is 0 Å². The van der Waals surface area contributed by atoms with E-state index in [2.05, 4.69) is 16.1 Å². The summed E-state index contributed by atoms with van der Waals surface area (Å²) in [6.07, 6.45) is -1.30. The maximum atomic E-state index is 12.2. The van der Waals surface area contributed by atoms with Crippen molar-refractivity contribution in [3.8, 4) is 0 Å². The van der Waals surface area contributed by atoms with Crippen LogP contribution in [0.15, 0.2) is 12.4 Å². The fourth-order valence-electron chi connectivity index (χ4n) is 0.287. The highest BCUT2D eigenvalue weighted by Crippen LogP contribution is 2.23. The minimum atomic E-state index is -3.85. The van der Waals surface area contributed by atoms with E-state index in [1.807, 2.05) is 0 Å². The first-order valence-corrected chi connectivity index (χ1v) is 2.83. The van der Waals surface area contributed by atoms with Gasteiger partial charge in [-0.3, -0.25) is 0 Å². The van der Waals surface area contributed by atoms with Crippen molar-refractivity contribution in [1.82, 2.24) is 0 Å². The van der Waals surface area contributed by atoms with E-state index in [9.17, 15) is 18.0 Å². The molecule has 0 spiro atoms. The molecule has 0 aromatic carbocycles. The average Bonchev–Trinajstić information content (AvgIpc) is 2.00. The molecule has 0 N–H and O–H groups in total. The lowest BCUT2D eigenvalue weighted by molar-refractivity contribution is -0.0520. The molecule has 70 valence electrons. The van der Waals surface area contributed by atoms with Gasteiger partial charge in [0.25, 0.3) is 0 Å². The number of rotatable bonds is 3. The van der Waals surface area contributed by atoms with Crippen molar-refractivity contribution in [2.45, 2.75) is 5.92 Å². The second kappa shape index (κ2) is 3.99. The highest BCUT2D eigenvalue weighted by atomic mass is 19.3. The highest BCUT2D eigenvalue weighted by Gasteiger charge is 2.35. The van der Waals surface area contributed by atoms with Crippen LogP contribution < -0.4 is 0 Å². The van der Waals surface area contributed by atoms with E-state index < -0.39 is 24.5 Å². The van der Waals surface area contributed by atoms with Gasteiger partial charge in [0.05, 0.1) is 7.11 Å². The van der Waals surface area contributed by atoms with Crippen molar-refractivity contribution in [1.29, 1.82) is 0 Å². The molecule has 0 amide bonds. The second-order valence-electron chi connectivity index (χ2n) is 1.85. The predicted octanol–water partition coefficient (Wildman–Crippen LogP) is 1.89. The van der Waals surface area contributed by atoms with Crippen LogP contribution in [-0.4, -0.2) is 25.8 Å². The number of alkyl halides is 2. The van der Waals surface area contributed by atoms with Gasteiger partial charge in [-0.15, -0.1) is 0 Å². The smallest absolute Gasteiger partial charge is 0.438 e. The quantitative estimate of drug-likeness (QED) is 0.628. The number of methoxy groups -OCH3 is 1. The van der Waals surface area contributed by atoms with Crippen molar-refractivity contribution in [3.05, 3.63) is 12.4 Å². The molecule has 3 nitrogen and oxygen atoms in total. The van der Waals surface area contributed by atoms with Gasteiger partial charge in [-0.1, -0.05) is 6.58 Å². The molecule has 0 saturated heterocycles. The Morgan fingerprint density at radius 3 is 2.42 bits per heavy atom. The molecule has 0 aliphatic heterocycles. The molecule has 12 heavy (non-hydrogen) atoms. The molecule has 6 heteroatoms. The largest absolute Gasteiger partial charge is 0.508 e. The molecular weight excluding hydrogens is 177 g/mol. The summed E-state index contributed by atoms with van der Waals surface area (Å²) in [7, 11) is 0.949. The molecule has 0 aromatic heterocycles. The maximum absolute atomic E-state index is 12.2. The van der Waals surface area contributed by atoms with E-state index in [1.54, 1.807) is 0 Å². The number of hydrogen-bond acceptors (Lipinski definition) is 3. The SMILES string of the molecule is C=C(F)C(F)(F)COC(=O)OC. The fraction of sp³-hybridized carbons (Fsp3) is 0.500. The number of hydrogen-bond donors (Lipinski definition) is 0. The van der Waals surface area contributed by atoms with Crippen LogP contribution in [0, 0.1) is 0 Å². The van der Waals surface area contributed by atoms with Crippen LogP contribution in [0.25, 0.3) is 0 Å². The van der Waals surface area contributed by atoms with Crippen LogP contribution in [0.2, 0.25) is 0 Å². The summed E-state index contributed by atoms with van der Waals surface area (Å²) in [6, 6.07) is 0. The monoisotopic (exact) mass is 184 g/mol. The first kappa shape index (κ1) is 10.8. The zero-order chi connectivity index (χ0) is 9.78. The molecule has 0 aliphatic rings. The van der Waals surface area contributed by atoms with Crippen LogP contribution in [-0.2, 0) is 9.47 Å². The summed E-state index contributed by atoms with van der Waals surface area (Å²) in [6.45, 7) is 0.974. The number of ether oxygens (including phenoxy) is 2. The lowest BCUT2D eigenvalue weighted by Gasteiger charge is -2.12. The molecule has 0 atom stereocenters. The van der Waals surface area contributed by atoms with Gasteiger partial charge in [-0.05, 0) is 0 Å². The second-order valence-corrected chi connectivity index (χ2v) is 1.85. The summed E-state index contributed by atoms with van der Waals surface area (Å²) in [5, 5.41) is 0. The summed E-state index contributed by atoms with van der Waals surface area (Å²) in [4.78, 5) is 10.2. The van der Waals surface area contributed by atoms with Gasteiger partial charge in [-0.25, -0.2) is 9.18 Å². The van der Waals surface area contributed by atoms with Gasteiger partial charge in [-0.2, -0.15) is 8.78 Å². The summed E-state index contributed by atoms with van der Waals surface area (Å²) >= 11 is 0. The minimum Gasteiger partial charge on any atom is -0.438 e. The lowest BCUT2D eigenvalue weighted by atomic mass is 10.3. The third-order valence-electron chi connectivity index (χ3n) is 0.935. The van der Waals surface area contributed by atoms with Crippen LogP contribution >= 0.6 is 0 Å². The Balaban J connectivity index is 3.92. The third kappa shape index (κ3) is 3.27. The van der Waals surface area contributed by atoms with Crippen LogP contribution in [0.5, 0.6) is 0 Å². The fourth-order valence-corrected chi connectivity index (χ4v) is 0.287. The lowest BCUT2D eigenvalue weighted by Crippen LogP contribution is -2.26. The normalized spacial score (nSPS) is 10.7. The van der Waals surface area contributed by atoms with E-state index in [0.717, 1.165) is 7.11 Å². The molecule has 0 rings (SSSR count). The molecule has 0 bridgehead atoms. The molecule has 0 radical (unpaired) electrons. The Morgan fingerprint density at radius 1 is 1.58 bits per heavy atom. The zero-order valence-electron chi connectivity index (χ0n) is 6.27. The first-order chi connectivity index (χ1) is 5.40. The van der Waals surface area contributed by atoms with Crippen LogP contribution in [0.3, 0.4) is 0 Å².